The van der Waals surface area contributed by atoms with Gasteiger partial charge < -0.3 is 36.5 Å². The van der Waals surface area contributed by atoms with Crippen LogP contribution >= 0.6 is 11.8 Å². The molecule has 0 aliphatic carbocycles. The second-order valence-electron chi connectivity index (χ2n) is 7.18. The molecule has 0 saturated heterocycles. The Balaban J connectivity index is 2.96. The Morgan fingerprint density at radius 2 is 1.81 bits per heavy atom. The Hall–Kier alpha value is -2.96. The maximum atomic E-state index is 12.4. The number of benzene rings is 1. The van der Waals surface area contributed by atoms with E-state index in [9.17, 15) is 29.1 Å². The molecule has 0 spiro atoms. The van der Waals surface area contributed by atoms with Crippen LogP contribution < -0.4 is 16.4 Å². The minimum absolute atomic E-state index is 0.105. The number of nitrogens with one attached hydrogen (secondary N) is 2. The molecule has 0 bridgehead atoms. The molecule has 4 unspecified atom stereocenters. The molecule has 4 atom stereocenters. The first-order valence-electron chi connectivity index (χ1n) is 9.60. The van der Waals surface area contributed by atoms with E-state index in [-0.39, 0.29) is 18.6 Å². The lowest BCUT2D eigenvalue weighted by Crippen LogP contribution is -2.50. The molecule has 0 heterocycles. The molecule has 0 saturated carbocycles. The number of carboxylic acid groups (broad SMARTS) is 2. The van der Waals surface area contributed by atoms with E-state index in [1.165, 1.54) is 6.92 Å². The van der Waals surface area contributed by atoms with Gasteiger partial charge in [-0.15, -0.1) is 11.8 Å². The first-order chi connectivity index (χ1) is 15.0. The molecule has 0 radical (unpaired) electrons. The van der Waals surface area contributed by atoms with Crippen molar-refractivity contribution in [1.82, 2.24) is 10.6 Å². The number of nitrogens with two attached hydrogens (primary N) is 1. The summed E-state index contributed by atoms with van der Waals surface area (Å²) in [5.41, 5.74) is 4.20. The van der Waals surface area contributed by atoms with Gasteiger partial charge in [0.25, 0.3) is 0 Å². The van der Waals surface area contributed by atoms with Crippen LogP contribution in [-0.4, -0.2) is 75.3 Å². The number of thioether (sulfide) groups is 1. The van der Waals surface area contributed by atoms with E-state index in [4.69, 9.17) is 15.9 Å². The van der Waals surface area contributed by atoms with Crippen LogP contribution in [0.4, 0.5) is 0 Å². The van der Waals surface area contributed by atoms with Gasteiger partial charge in [-0.2, -0.15) is 0 Å². The Morgan fingerprint density at radius 1 is 1.19 bits per heavy atom. The molecular formula is C20H27N3O8S. The van der Waals surface area contributed by atoms with Crippen molar-refractivity contribution in [2.75, 3.05) is 12.3 Å². The van der Waals surface area contributed by atoms with Gasteiger partial charge in [-0.25, -0.2) is 0 Å². The van der Waals surface area contributed by atoms with E-state index in [0.29, 0.717) is 11.8 Å². The third-order valence-corrected chi connectivity index (χ3v) is 5.97. The summed E-state index contributed by atoms with van der Waals surface area (Å²) in [5.74, 6) is -4.10. The monoisotopic (exact) mass is 469 g/mol. The summed E-state index contributed by atoms with van der Waals surface area (Å²) < 4.78 is 0. The van der Waals surface area contributed by atoms with Crippen LogP contribution in [0.1, 0.15) is 30.6 Å². The molecule has 0 aliphatic rings. The third kappa shape index (κ3) is 9.04. The van der Waals surface area contributed by atoms with Gasteiger partial charge in [0.05, 0.1) is 5.25 Å². The minimum atomic E-state index is -1.79. The molecule has 1 rings (SSSR count). The molecule has 0 aromatic heterocycles. The maximum Gasteiger partial charge on any atom is 0.322 e. The second-order valence-corrected chi connectivity index (χ2v) is 8.32. The predicted molar refractivity (Wildman–Crippen MR) is 116 cm³/mol. The van der Waals surface area contributed by atoms with E-state index in [2.05, 4.69) is 10.6 Å². The number of hydrogen-bond donors (Lipinski definition) is 6. The maximum absolute atomic E-state index is 12.4. The van der Waals surface area contributed by atoms with Crippen molar-refractivity contribution in [3.63, 3.8) is 0 Å². The van der Waals surface area contributed by atoms with E-state index in [1.54, 1.807) is 30.3 Å². The lowest BCUT2D eigenvalue weighted by molar-refractivity contribution is -0.139. The van der Waals surface area contributed by atoms with Gasteiger partial charge in [-0.1, -0.05) is 30.3 Å². The van der Waals surface area contributed by atoms with Crippen molar-refractivity contribution in [3.8, 4) is 0 Å². The molecule has 2 amide bonds. The van der Waals surface area contributed by atoms with Gasteiger partial charge in [0.1, 0.15) is 24.2 Å². The number of hydrogen-bond acceptors (Lipinski definition) is 8. The van der Waals surface area contributed by atoms with Crippen molar-refractivity contribution < 1.29 is 39.3 Å². The highest BCUT2D eigenvalue weighted by atomic mass is 32.2. The van der Waals surface area contributed by atoms with Crippen molar-refractivity contribution in [3.05, 3.63) is 35.9 Å². The molecule has 0 aliphatic heterocycles. The summed E-state index contributed by atoms with van der Waals surface area (Å²) in [6, 6.07) is 6.12. The largest absolute Gasteiger partial charge is 0.480 e. The molecule has 7 N–H and O–H groups in total. The molecule has 32 heavy (non-hydrogen) atoms. The van der Waals surface area contributed by atoms with Crippen molar-refractivity contribution in [2.45, 2.75) is 42.7 Å². The van der Waals surface area contributed by atoms with E-state index in [1.807, 2.05) is 0 Å². The zero-order chi connectivity index (χ0) is 24.3. The lowest BCUT2D eigenvalue weighted by atomic mass is 9.97. The fraction of sp³-hybridized carbons (Fsp3) is 0.450. The molecule has 176 valence electrons. The normalized spacial score (nSPS) is 15.5. The second kappa shape index (κ2) is 12.8. The Bertz CT molecular complexity index is 818. The zero-order valence-corrected chi connectivity index (χ0v) is 18.2. The molecule has 11 nitrogen and oxygen atoms in total. The van der Waals surface area contributed by atoms with Crippen molar-refractivity contribution >= 4 is 41.8 Å². The van der Waals surface area contributed by atoms with E-state index in [0.717, 1.165) is 11.8 Å². The number of aliphatic carboxylic acids is 2. The number of rotatable bonds is 14. The average molecular weight is 470 g/mol. The van der Waals surface area contributed by atoms with Gasteiger partial charge in [-0.3, -0.25) is 19.2 Å². The average Bonchev–Trinajstić information content (AvgIpc) is 2.75. The molecular weight excluding hydrogens is 442 g/mol. The summed E-state index contributed by atoms with van der Waals surface area (Å²) in [6.07, 6.45) is -0.0533. The van der Waals surface area contributed by atoms with Gasteiger partial charge >= 0.3 is 11.9 Å². The number of amides is 2. The first-order valence-corrected chi connectivity index (χ1v) is 10.6. The van der Waals surface area contributed by atoms with E-state index >= 15 is 0 Å². The number of carboxylic acids is 2. The Labute approximate surface area is 188 Å². The highest BCUT2D eigenvalue weighted by Crippen LogP contribution is 2.37. The van der Waals surface area contributed by atoms with Crippen LogP contribution in [0.3, 0.4) is 0 Å². The predicted octanol–water partition coefficient (Wildman–Crippen LogP) is -0.711. The molecule has 1 aromatic rings. The minimum Gasteiger partial charge on any atom is -0.480 e. The quantitative estimate of drug-likeness (QED) is 0.189. The Kier molecular flexibility index (Phi) is 10.8. The van der Waals surface area contributed by atoms with Crippen LogP contribution in [0.25, 0.3) is 0 Å². The summed E-state index contributed by atoms with van der Waals surface area (Å²) in [4.78, 5) is 57.7. The van der Waals surface area contributed by atoms with Gasteiger partial charge in [0.15, 0.2) is 6.29 Å². The summed E-state index contributed by atoms with van der Waals surface area (Å²) in [5, 5.41) is 31.9. The van der Waals surface area contributed by atoms with Crippen LogP contribution in [0.5, 0.6) is 0 Å². The SMILES string of the molecule is CC(O)(C=O)C(SCC(NC(=O)CCC(N)C(=O)O)C(=O)NCC(=O)O)c1ccccc1. The first kappa shape index (κ1) is 27.1. The summed E-state index contributed by atoms with van der Waals surface area (Å²) >= 11 is 1.03. The lowest BCUT2D eigenvalue weighted by Gasteiger charge is -2.29. The smallest absolute Gasteiger partial charge is 0.322 e. The summed E-state index contributed by atoms with van der Waals surface area (Å²) in [6.45, 7) is 0.643. The van der Waals surface area contributed by atoms with Gasteiger partial charge in [0, 0.05) is 12.2 Å². The van der Waals surface area contributed by atoms with Crippen molar-refractivity contribution in [1.29, 1.82) is 0 Å². The number of carbonyl (C=O) groups excluding carboxylic acids is 3. The van der Waals surface area contributed by atoms with Gasteiger partial charge in [-0.05, 0) is 18.9 Å². The van der Waals surface area contributed by atoms with Crippen LogP contribution in [-0.2, 0) is 24.0 Å². The van der Waals surface area contributed by atoms with Gasteiger partial charge in [0.2, 0.25) is 11.8 Å². The van der Waals surface area contributed by atoms with Crippen LogP contribution in [0.2, 0.25) is 0 Å². The number of carbonyl (C=O) groups is 5. The highest BCUT2D eigenvalue weighted by molar-refractivity contribution is 7.99. The molecule has 0 fully saturated rings. The van der Waals surface area contributed by atoms with Crippen LogP contribution in [0.15, 0.2) is 30.3 Å². The Morgan fingerprint density at radius 3 is 2.34 bits per heavy atom. The summed E-state index contributed by atoms with van der Waals surface area (Å²) in [7, 11) is 0. The molecule has 12 heteroatoms. The molecule has 1 aromatic carbocycles. The highest BCUT2D eigenvalue weighted by Gasteiger charge is 2.35. The number of aldehydes is 1. The van der Waals surface area contributed by atoms with Crippen molar-refractivity contribution in [2.24, 2.45) is 5.73 Å². The topological polar surface area (TPSA) is 196 Å². The fourth-order valence-corrected chi connectivity index (χ4v) is 3.99. The third-order valence-electron chi connectivity index (χ3n) is 4.37. The fourth-order valence-electron chi connectivity index (χ4n) is 2.63. The zero-order valence-electron chi connectivity index (χ0n) is 17.4. The number of aliphatic hydroxyl groups is 1. The van der Waals surface area contributed by atoms with Crippen LogP contribution in [0, 0.1) is 0 Å². The van der Waals surface area contributed by atoms with E-state index < -0.39 is 53.2 Å². The standard InChI is InChI=1S/C20H27N3O8S/c1-20(31,11-24)17(12-5-3-2-4-6-12)32-10-14(18(28)22-9-16(26)27)23-15(25)8-7-13(21)19(29)30/h2-6,11,13-14,17,31H,7-10,21H2,1H3,(H,22,28)(H,23,25)(H,26,27)(H,29,30).